The molecule has 2 nitrogen and oxygen atoms in total. The highest BCUT2D eigenvalue weighted by Gasteiger charge is 2.05. The van der Waals surface area contributed by atoms with Gasteiger partial charge < -0.3 is 5.32 Å². The van der Waals surface area contributed by atoms with E-state index in [2.05, 4.69) is 38.8 Å². The summed E-state index contributed by atoms with van der Waals surface area (Å²) in [5.74, 6) is 0. The molecule has 1 aromatic heterocycles. The van der Waals surface area contributed by atoms with Gasteiger partial charge in [0.2, 0.25) is 0 Å². The van der Waals surface area contributed by atoms with Crippen LogP contribution in [0.1, 0.15) is 11.1 Å². The Kier molecular flexibility index (Phi) is 3.60. The fraction of sp³-hybridized carbons (Fsp3) is 0.0833. The van der Waals surface area contributed by atoms with Crippen molar-refractivity contribution in [3.8, 4) is 6.07 Å². The maximum atomic E-state index is 9.04. The zero-order valence-electron chi connectivity index (χ0n) is 8.40. The number of nitriles is 1. The normalized spacial score (nSPS) is 9.75. The fourth-order valence-corrected chi connectivity index (χ4v) is 2.50. The second-order valence-electron chi connectivity index (χ2n) is 3.26. The number of hydrogen-bond donors (Lipinski definition) is 1. The van der Waals surface area contributed by atoms with Crippen LogP contribution in [0.3, 0.4) is 0 Å². The van der Waals surface area contributed by atoms with Crippen molar-refractivity contribution in [2.75, 3.05) is 5.32 Å². The summed E-state index contributed by atoms with van der Waals surface area (Å²) in [4.78, 5) is 0. The average Bonchev–Trinajstić information content (AvgIpc) is 2.79. The Morgan fingerprint density at radius 1 is 1.38 bits per heavy atom. The predicted octanol–water partition coefficient (Wildman–Crippen LogP) is 3.99. The molecule has 0 radical (unpaired) electrons. The summed E-state index contributed by atoms with van der Waals surface area (Å²) in [5.41, 5.74) is 2.75. The number of nitrogens with one attached hydrogen (secondary N) is 1. The molecule has 0 spiro atoms. The van der Waals surface area contributed by atoms with Crippen LogP contribution in [0, 0.1) is 11.3 Å². The van der Waals surface area contributed by atoms with Crippen LogP contribution in [0.15, 0.2) is 39.5 Å². The summed E-state index contributed by atoms with van der Waals surface area (Å²) in [7, 11) is 0. The molecule has 0 atom stereocenters. The molecule has 16 heavy (non-hydrogen) atoms. The molecule has 1 N–H and O–H groups in total. The molecule has 2 aromatic rings. The van der Waals surface area contributed by atoms with Crippen LogP contribution in [-0.4, -0.2) is 0 Å². The van der Waals surface area contributed by atoms with Crippen molar-refractivity contribution < 1.29 is 0 Å². The van der Waals surface area contributed by atoms with Crippen molar-refractivity contribution in [1.29, 1.82) is 5.26 Å². The minimum absolute atomic E-state index is 0.651. The first-order valence-corrected chi connectivity index (χ1v) is 6.48. The molecule has 0 saturated heterocycles. The molecular weight excluding hydrogens is 284 g/mol. The molecule has 80 valence electrons. The first kappa shape index (κ1) is 11.2. The van der Waals surface area contributed by atoms with Gasteiger partial charge in [0.05, 0.1) is 11.3 Å². The quantitative estimate of drug-likeness (QED) is 0.928. The van der Waals surface area contributed by atoms with E-state index in [1.807, 2.05) is 23.6 Å². The van der Waals surface area contributed by atoms with Gasteiger partial charge in [-0.25, -0.2) is 0 Å². The van der Waals surface area contributed by atoms with E-state index < -0.39 is 0 Å². The molecular formula is C12H9BrN2S. The Hall–Kier alpha value is -1.31. The number of rotatable bonds is 3. The minimum Gasteiger partial charge on any atom is -0.380 e. The summed E-state index contributed by atoms with van der Waals surface area (Å²) in [6.07, 6.45) is 0. The SMILES string of the molecule is N#Cc1c(Br)cccc1NCc1ccsc1. The van der Waals surface area contributed by atoms with Crippen LogP contribution in [0.5, 0.6) is 0 Å². The number of halogens is 1. The summed E-state index contributed by atoms with van der Waals surface area (Å²) in [5, 5.41) is 16.4. The van der Waals surface area contributed by atoms with Crippen molar-refractivity contribution in [1.82, 2.24) is 0 Å². The largest absolute Gasteiger partial charge is 0.380 e. The van der Waals surface area contributed by atoms with E-state index in [0.29, 0.717) is 5.56 Å². The molecule has 0 aliphatic rings. The Labute approximate surface area is 107 Å². The summed E-state index contributed by atoms with van der Waals surface area (Å²) >= 11 is 5.04. The van der Waals surface area contributed by atoms with Crippen molar-refractivity contribution >= 4 is 33.0 Å². The van der Waals surface area contributed by atoms with Gasteiger partial charge in [-0.3, -0.25) is 0 Å². The summed E-state index contributed by atoms with van der Waals surface area (Å²) in [6, 6.07) is 9.96. The number of anilines is 1. The first-order valence-electron chi connectivity index (χ1n) is 4.75. The van der Waals surface area contributed by atoms with Crippen LogP contribution in [0.4, 0.5) is 5.69 Å². The van der Waals surface area contributed by atoms with Gasteiger partial charge in [0.1, 0.15) is 6.07 Å². The molecule has 0 saturated carbocycles. The molecule has 0 amide bonds. The topological polar surface area (TPSA) is 35.8 Å². The van der Waals surface area contributed by atoms with Gasteiger partial charge in [-0.1, -0.05) is 6.07 Å². The Morgan fingerprint density at radius 3 is 2.94 bits per heavy atom. The van der Waals surface area contributed by atoms with Crippen molar-refractivity contribution in [2.45, 2.75) is 6.54 Å². The van der Waals surface area contributed by atoms with E-state index in [1.54, 1.807) is 11.3 Å². The second-order valence-corrected chi connectivity index (χ2v) is 4.89. The lowest BCUT2D eigenvalue weighted by molar-refractivity contribution is 1.16. The monoisotopic (exact) mass is 292 g/mol. The third-order valence-electron chi connectivity index (χ3n) is 2.19. The Bertz CT molecular complexity index is 514. The lowest BCUT2D eigenvalue weighted by Gasteiger charge is -2.07. The van der Waals surface area contributed by atoms with E-state index in [9.17, 15) is 0 Å². The van der Waals surface area contributed by atoms with Gasteiger partial charge in [0, 0.05) is 11.0 Å². The van der Waals surface area contributed by atoms with Gasteiger partial charge >= 0.3 is 0 Å². The molecule has 4 heteroatoms. The van der Waals surface area contributed by atoms with E-state index in [1.165, 1.54) is 5.56 Å². The summed E-state index contributed by atoms with van der Waals surface area (Å²) in [6.45, 7) is 0.745. The number of thiophene rings is 1. The minimum atomic E-state index is 0.651. The van der Waals surface area contributed by atoms with E-state index in [4.69, 9.17) is 5.26 Å². The van der Waals surface area contributed by atoms with Gasteiger partial charge in [-0.15, -0.1) is 0 Å². The number of benzene rings is 1. The molecule has 1 aromatic carbocycles. The lowest BCUT2D eigenvalue weighted by atomic mass is 10.2. The third-order valence-corrected chi connectivity index (χ3v) is 3.58. The van der Waals surface area contributed by atoms with Crippen LogP contribution in [0.2, 0.25) is 0 Å². The van der Waals surface area contributed by atoms with E-state index in [0.717, 1.165) is 16.7 Å². The Balaban J connectivity index is 2.16. The van der Waals surface area contributed by atoms with Crippen molar-refractivity contribution in [2.24, 2.45) is 0 Å². The smallest absolute Gasteiger partial charge is 0.103 e. The molecule has 0 bridgehead atoms. The molecule has 2 rings (SSSR count). The number of hydrogen-bond acceptors (Lipinski definition) is 3. The average molecular weight is 293 g/mol. The van der Waals surface area contributed by atoms with Crippen molar-refractivity contribution in [3.63, 3.8) is 0 Å². The van der Waals surface area contributed by atoms with Gasteiger partial charge in [0.25, 0.3) is 0 Å². The molecule has 0 unspecified atom stereocenters. The highest BCUT2D eigenvalue weighted by atomic mass is 79.9. The zero-order chi connectivity index (χ0) is 11.4. The van der Waals surface area contributed by atoms with Crippen LogP contribution in [-0.2, 0) is 6.54 Å². The van der Waals surface area contributed by atoms with Gasteiger partial charge in [0.15, 0.2) is 0 Å². The maximum absolute atomic E-state index is 9.04. The third kappa shape index (κ3) is 2.43. The van der Waals surface area contributed by atoms with Crippen LogP contribution < -0.4 is 5.32 Å². The molecule has 0 fully saturated rings. The maximum Gasteiger partial charge on any atom is 0.103 e. The van der Waals surface area contributed by atoms with E-state index in [-0.39, 0.29) is 0 Å². The summed E-state index contributed by atoms with van der Waals surface area (Å²) < 4.78 is 0.824. The lowest BCUT2D eigenvalue weighted by Crippen LogP contribution is -2.00. The van der Waals surface area contributed by atoms with Gasteiger partial charge in [-0.05, 0) is 50.5 Å². The predicted molar refractivity (Wildman–Crippen MR) is 70.5 cm³/mol. The Morgan fingerprint density at radius 2 is 2.25 bits per heavy atom. The van der Waals surface area contributed by atoms with E-state index >= 15 is 0 Å². The fourth-order valence-electron chi connectivity index (χ4n) is 1.38. The highest BCUT2D eigenvalue weighted by molar-refractivity contribution is 9.10. The molecule has 1 heterocycles. The molecule has 0 aliphatic carbocycles. The van der Waals surface area contributed by atoms with Crippen molar-refractivity contribution in [3.05, 3.63) is 50.6 Å². The highest BCUT2D eigenvalue weighted by Crippen LogP contribution is 2.24. The standard InChI is InChI=1S/C12H9BrN2S/c13-11-2-1-3-12(10(11)6-14)15-7-9-4-5-16-8-9/h1-5,8,15H,7H2. The number of nitrogens with zero attached hydrogens (tertiary/aromatic N) is 1. The first-order chi connectivity index (χ1) is 7.81. The zero-order valence-corrected chi connectivity index (χ0v) is 10.8. The van der Waals surface area contributed by atoms with Crippen LogP contribution in [0.25, 0.3) is 0 Å². The van der Waals surface area contributed by atoms with Crippen LogP contribution >= 0.6 is 27.3 Å². The van der Waals surface area contributed by atoms with Gasteiger partial charge in [-0.2, -0.15) is 16.6 Å². The second kappa shape index (κ2) is 5.15. The molecule has 0 aliphatic heterocycles.